The lowest BCUT2D eigenvalue weighted by atomic mass is 10.0. The third kappa shape index (κ3) is 5.22. The van der Waals surface area contributed by atoms with Crippen molar-refractivity contribution in [3.8, 4) is 0 Å². The molecule has 0 atom stereocenters. The van der Waals surface area contributed by atoms with Crippen molar-refractivity contribution in [2.24, 2.45) is 0 Å². The first-order valence-corrected chi connectivity index (χ1v) is 11.1. The van der Waals surface area contributed by atoms with Gasteiger partial charge in [0.2, 0.25) is 7.26 Å². The predicted molar refractivity (Wildman–Crippen MR) is 92.2 cm³/mol. The average molecular weight is 331 g/mol. The van der Waals surface area contributed by atoms with Crippen LogP contribution in [0, 0.1) is 0 Å². The van der Waals surface area contributed by atoms with Crippen molar-refractivity contribution in [3.05, 3.63) is 0 Å². The molecule has 0 saturated heterocycles. The summed E-state index contributed by atoms with van der Waals surface area (Å²) >= 11 is 0. The van der Waals surface area contributed by atoms with Crippen LogP contribution in [0.25, 0.3) is 0 Å². The van der Waals surface area contributed by atoms with Crippen molar-refractivity contribution in [2.75, 3.05) is 19.9 Å². The summed E-state index contributed by atoms with van der Waals surface area (Å²) in [6.07, 6.45) is 8.97. The number of rotatable bonds is 9. The van der Waals surface area contributed by atoms with Gasteiger partial charge in [0.1, 0.15) is 0 Å². The van der Waals surface area contributed by atoms with Gasteiger partial charge in [-0.3, -0.25) is 0 Å². The fraction of sp³-hybridized carbons (Fsp3) is 0.882. The minimum Gasteiger partial charge on any atom is -0.436 e. The number of carbonyl (C=O) groups is 2. The minimum atomic E-state index is -2.53. The highest BCUT2D eigenvalue weighted by molar-refractivity contribution is 8.03. The topological polar surface area (TPSA) is 52.6 Å². The van der Waals surface area contributed by atoms with Gasteiger partial charge in [-0.1, -0.05) is 33.1 Å². The molecule has 5 heteroatoms. The Kier molecular flexibility index (Phi) is 9.00. The summed E-state index contributed by atoms with van der Waals surface area (Å²) in [4.78, 5) is 25.3. The molecule has 0 heterocycles. The quantitative estimate of drug-likeness (QED) is 0.393. The number of ether oxygens (including phenoxy) is 2. The van der Waals surface area contributed by atoms with Crippen LogP contribution in [-0.4, -0.2) is 37.0 Å². The molecular formula is C17H32O4P+. The molecule has 1 fully saturated rings. The summed E-state index contributed by atoms with van der Waals surface area (Å²) < 4.78 is 10.9. The first-order chi connectivity index (χ1) is 10.6. The zero-order chi connectivity index (χ0) is 16.4. The smallest absolute Gasteiger partial charge is 0.436 e. The molecule has 0 radical (unpaired) electrons. The SMILES string of the molecule is CCCCOC(=O)[P+](C)(C(=O)OCCCC)C1CCCCC1. The standard InChI is InChI=1S/C17H32O4P/c1-4-6-13-20-16(18)22(3,15-11-9-8-10-12-15)17(19)21-14-7-5-2/h15H,4-14H2,1-3H3/q+1. The van der Waals surface area contributed by atoms with Crippen molar-refractivity contribution in [1.82, 2.24) is 0 Å². The van der Waals surface area contributed by atoms with Gasteiger partial charge in [-0.2, -0.15) is 0 Å². The number of hydrogen-bond donors (Lipinski definition) is 0. The van der Waals surface area contributed by atoms with Crippen LogP contribution in [0.4, 0.5) is 9.59 Å². The maximum Gasteiger partial charge on any atom is 0.463 e. The van der Waals surface area contributed by atoms with Crippen molar-refractivity contribution in [1.29, 1.82) is 0 Å². The van der Waals surface area contributed by atoms with Gasteiger partial charge in [-0.25, -0.2) is 9.59 Å². The molecule has 1 aliphatic rings. The molecule has 0 unspecified atom stereocenters. The molecule has 0 amide bonds. The largest absolute Gasteiger partial charge is 0.463 e. The van der Waals surface area contributed by atoms with Crippen LogP contribution in [-0.2, 0) is 9.47 Å². The first-order valence-electron chi connectivity index (χ1n) is 8.78. The van der Waals surface area contributed by atoms with Gasteiger partial charge in [0, 0.05) is 0 Å². The molecule has 1 rings (SSSR count). The monoisotopic (exact) mass is 331 g/mol. The van der Waals surface area contributed by atoms with Crippen LogP contribution in [0.2, 0.25) is 0 Å². The van der Waals surface area contributed by atoms with E-state index in [0.29, 0.717) is 13.2 Å². The van der Waals surface area contributed by atoms with Crippen molar-refractivity contribution in [2.45, 2.75) is 77.3 Å². The summed E-state index contributed by atoms with van der Waals surface area (Å²) in [6, 6.07) is 0. The van der Waals surface area contributed by atoms with E-state index in [1.807, 2.05) is 6.66 Å². The van der Waals surface area contributed by atoms with E-state index in [0.717, 1.165) is 51.4 Å². The Labute approximate surface area is 135 Å². The molecule has 1 saturated carbocycles. The number of hydrogen-bond acceptors (Lipinski definition) is 4. The third-order valence-electron chi connectivity index (χ3n) is 4.51. The van der Waals surface area contributed by atoms with Gasteiger partial charge in [0.05, 0.1) is 25.5 Å². The lowest BCUT2D eigenvalue weighted by Crippen LogP contribution is -2.29. The first kappa shape index (κ1) is 19.4. The zero-order valence-corrected chi connectivity index (χ0v) is 15.3. The molecule has 0 bridgehead atoms. The Bertz CT molecular complexity index is 329. The highest BCUT2D eigenvalue weighted by atomic mass is 31.2. The Morgan fingerprint density at radius 3 is 1.77 bits per heavy atom. The minimum absolute atomic E-state index is 0.157. The van der Waals surface area contributed by atoms with Gasteiger partial charge in [0.15, 0.2) is 0 Å². The molecule has 22 heavy (non-hydrogen) atoms. The maximum absolute atomic E-state index is 12.6. The average Bonchev–Trinajstić information content (AvgIpc) is 2.55. The summed E-state index contributed by atoms with van der Waals surface area (Å²) in [6.45, 7) is 6.79. The second-order valence-corrected chi connectivity index (χ2v) is 9.91. The summed E-state index contributed by atoms with van der Waals surface area (Å²) in [5, 5.41) is 0. The fourth-order valence-electron chi connectivity index (χ4n) is 2.85. The Morgan fingerprint density at radius 2 is 1.36 bits per heavy atom. The van der Waals surface area contributed by atoms with E-state index in [2.05, 4.69) is 13.8 Å². The Hall–Kier alpha value is -0.630. The summed E-state index contributed by atoms with van der Waals surface area (Å²) in [7, 11) is -2.53. The Morgan fingerprint density at radius 1 is 0.909 bits per heavy atom. The molecular weight excluding hydrogens is 299 g/mol. The van der Waals surface area contributed by atoms with Crippen LogP contribution >= 0.6 is 7.26 Å². The molecule has 1 aliphatic carbocycles. The molecule has 0 spiro atoms. The van der Waals surface area contributed by atoms with E-state index >= 15 is 0 Å². The van der Waals surface area contributed by atoms with Gasteiger partial charge in [0.25, 0.3) is 0 Å². The summed E-state index contributed by atoms with van der Waals surface area (Å²) in [5.41, 5.74) is -0.409. The third-order valence-corrected chi connectivity index (χ3v) is 8.26. The van der Waals surface area contributed by atoms with Crippen LogP contribution < -0.4 is 0 Å². The van der Waals surface area contributed by atoms with Crippen molar-refractivity contribution in [3.63, 3.8) is 0 Å². The maximum atomic E-state index is 12.6. The van der Waals surface area contributed by atoms with Crippen molar-refractivity contribution >= 4 is 18.7 Å². The molecule has 0 aromatic carbocycles. The highest BCUT2D eigenvalue weighted by Gasteiger charge is 2.60. The van der Waals surface area contributed by atoms with Crippen LogP contribution in [0.15, 0.2) is 0 Å². The molecule has 4 nitrogen and oxygen atoms in total. The molecule has 0 aliphatic heterocycles. The van der Waals surface area contributed by atoms with E-state index in [1.54, 1.807) is 0 Å². The molecule has 0 aromatic heterocycles. The Balaban J connectivity index is 2.77. The van der Waals surface area contributed by atoms with Gasteiger partial charge in [-0.05, 0) is 38.5 Å². The normalized spacial score (nSPS) is 16.3. The van der Waals surface area contributed by atoms with Crippen molar-refractivity contribution < 1.29 is 19.1 Å². The van der Waals surface area contributed by atoms with E-state index in [-0.39, 0.29) is 17.1 Å². The van der Waals surface area contributed by atoms with Gasteiger partial charge >= 0.3 is 11.4 Å². The second kappa shape index (κ2) is 10.2. The number of unbranched alkanes of at least 4 members (excludes halogenated alkanes) is 2. The highest BCUT2D eigenvalue weighted by Crippen LogP contribution is 2.66. The molecule has 0 aromatic rings. The van der Waals surface area contributed by atoms with E-state index in [1.165, 1.54) is 6.42 Å². The van der Waals surface area contributed by atoms with Gasteiger partial charge < -0.3 is 9.47 Å². The van der Waals surface area contributed by atoms with Crippen LogP contribution in [0.3, 0.4) is 0 Å². The zero-order valence-electron chi connectivity index (χ0n) is 14.4. The van der Waals surface area contributed by atoms with E-state index in [4.69, 9.17) is 9.47 Å². The fourth-order valence-corrected chi connectivity index (χ4v) is 5.71. The lowest BCUT2D eigenvalue weighted by molar-refractivity contribution is 0.162. The number of carbonyl (C=O) groups excluding carboxylic acids is 2. The molecule has 128 valence electrons. The van der Waals surface area contributed by atoms with Gasteiger partial charge in [-0.15, -0.1) is 0 Å². The predicted octanol–water partition coefficient (Wildman–Crippen LogP) is 5.84. The molecule has 0 N–H and O–H groups in total. The lowest BCUT2D eigenvalue weighted by Gasteiger charge is -2.28. The van der Waals surface area contributed by atoms with E-state index < -0.39 is 7.26 Å². The summed E-state index contributed by atoms with van der Waals surface area (Å²) in [5.74, 6) is 0. The van der Waals surface area contributed by atoms with Crippen LogP contribution in [0.5, 0.6) is 0 Å². The van der Waals surface area contributed by atoms with Crippen LogP contribution in [0.1, 0.15) is 71.6 Å². The van der Waals surface area contributed by atoms with E-state index in [9.17, 15) is 9.59 Å². The second-order valence-electron chi connectivity index (χ2n) is 6.30.